The smallest absolute Gasteiger partial charge is 0.152 e. The minimum atomic E-state index is -0.00407. The van der Waals surface area contributed by atoms with Gasteiger partial charge in [-0.05, 0) is 64.2 Å². The lowest BCUT2D eigenvalue weighted by molar-refractivity contribution is 0.496. The van der Waals surface area contributed by atoms with E-state index >= 15 is 0 Å². The van der Waals surface area contributed by atoms with Crippen molar-refractivity contribution in [2.75, 3.05) is 5.32 Å². The van der Waals surface area contributed by atoms with Gasteiger partial charge in [-0.25, -0.2) is 8.91 Å². The molecule has 0 bridgehead atoms. The van der Waals surface area contributed by atoms with Crippen LogP contribution >= 0.6 is 38.9 Å². The lowest BCUT2D eigenvalue weighted by Gasteiger charge is -2.18. The van der Waals surface area contributed by atoms with Crippen LogP contribution < -0.4 is 5.32 Å². The Morgan fingerprint density at radius 1 is 1.44 bits per heavy atom. The highest BCUT2D eigenvalue weighted by atomic mass is 79.9. The zero-order valence-corrected chi connectivity index (χ0v) is 16.5. The molecule has 4 rings (SSSR count). The van der Waals surface area contributed by atoms with Gasteiger partial charge < -0.3 is 5.32 Å². The molecule has 0 aliphatic heterocycles. The molecular formula is C18H16BrClFN3S. The summed E-state index contributed by atoms with van der Waals surface area (Å²) in [6.45, 7) is 0.739. The van der Waals surface area contributed by atoms with Gasteiger partial charge in [-0.15, -0.1) is 11.3 Å². The summed E-state index contributed by atoms with van der Waals surface area (Å²) in [7, 11) is 0. The molecule has 1 unspecified atom stereocenters. The van der Waals surface area contributed by atoms with Crippen molar-refractivity contribution in [1.82, 2.24) is 9.61 Å². The molecule has 0 radical (unpaired) electrons. The summed E-state index contributed by atoms with van der Waals surface area (Å²) < 4.78 is 16.1. The quantitative estimate of drug-likeness (QED) is 0.499. The molecule has 0 spiro atoms. The van der Waals surface area contributed by atoms with Crippen LogP contribution in [0.15, 0.2) is 46.2 Å². The van der Waals surface area contributed by atoms with Crippen LogP contribution in [0.1, 0.15) is 35.6 Å². The Morgan fingerprint density at radius 3 is 3.04 bits per heavy atom. The van der Waals surface area contributed by atoms with Gasteiger partial charge in [-0.2, -0.15) is 5.10 Å². The second-order valence-electron chi connectivity index (χ2n) is 6.12. The zero-order chi connectivity index (χ0) is 17.4. The molecule has 0 aromatic carbocycles. The molecule has 1 aliphatic rings. The van der Waals surface area contributed by atoms with E-state index in [0.717, 1.165) is 34.3 Å². The van der Waals surface area contributed by atoms with Crippen molar-refractivity contribution in [2.45, 2.75) is 31.7 Å². The summed E-state index contributed by atoms with van der Waals surface area (Å²) in [6.07, 6.45) is 3.72. The SMILES string of the molecule is FC1=CCC(c2cc3c(NCc4cccs4)cc(Cl)nn3c2Br)CC1. The Kier molecular flexibility index (Phi) is 4.84. The van der Waals surface area contributed by atoms with Crippen molar-refractivity contribution in [3.8, 4) is 0 Å². The first-order chi connectivity index (χ1) is 12.1. The van der Waals surface area contributed by atoms with Gasteiger partial charge in [0.05, 0.1) is 17.0 Å². The molecule has 7 heteroatoms. The molecule has 3 aromatic heterocycles. The van der Waals surface area contributed by atoms with Crippen molar-refractivity contribution < 1.29 is 4.39 Å². The third kappa shape index (κ3) is 3.48. The van der Waals surface area contributed by atoms with Crippen LogP contribution in [0.4, 0.5) is 10.1 Å². The van der Waals surface area contributed by atoms with Crippen molar-refractivity contribution in [1.29, 1.82) is 0 Å². The minimum Gasteiger partial charge on any atom is -0.378 e. The first kappa shape index (κ1) is 17.1. The number of aromatic nitrogens is 2. The number of halogens is 3. The van der Waals surface area contributed by atoms with E-state index in [2.05, 4.69) is 43.9 Å². The summed E-state index contributed by atoms with van der Waals surface area (Å²) in [5.41, 5.74) is 3.06. The van der Waals surface area contributed by atoms with Gasteiger partial charge in [0, 0.05) is 17.5 Å². The van der Waals surface area contributed by atoms with Gasteiger partial charge in [0.2, 0.25) is 0 Å². The molecule has 0 saturated carbocycles. The van der Waals surface area contributed by atoms with Crippen molar-refractivity contribution in [3.63, 3.8) is 0 Å². The van der Waals surface area contributed by atoms with E-state index in [0.29, 0.717) is 23.9 Å². The fourth-order valence-corrected chi connectivity index (χ4v) is 4.75. The van der Waals surface area contributed by atoms with Crippen LogP contribution in [0.25, 0.3) is 5.52 Å². The van der Waals surface area contributed by atoms with Crippen LogP contribution in [-0.4, -0.2) is 9.61 Å². The van der Waals surface area contributed by atoms with Crippen molar-refractivity contribution in [3.05, 3.63) is 61.7 Å². The second-order valence-corrected chi connectivity index (χ2v) is 8.29. The van der Waals surface area contributed by atoms with E-state index in [9.17, 15) is 4.39 Å². The predicted molar refractivity (Wildman–Crippen MR) is 105 cm³/mol. The lowest BCUT2D eigenvalue weighted by atomic mass is 9.89. The number of fused-ring (bicyclic) bond motifs is 1. The maximum atomic E-state index is 13.3. The lowest BCUT2D eigenvalue weighted by Crippen LogP contribution is -2.03. The van der Waals surface area contributed by atoms with Crippen LogP contribution in [0, 0.1) is 0 Å². The van der Waals surface area contributed by atoms with E-state index in [1.165, 1.54) is 4.88 Å². The van der Waals surface area contributed by atoms with E-state index in [1.54, 1.807) is 17.4 Å². The first-order valence-electron chi connectivity index (χ1n) is 8.10. The highest BCUT2D eigenvalue weighted by Crippen LogP contribution is 2.39. The monoisotopic (exact) mass is 439 g/mol. The molecule has 25 heavy (non-hydrogen) atoms. The first-order valence-corrected chi connectivity index (χ1v) is 10.2. The normalized spacial score (nSPS) is 17.7. The Hall–Kier alpha value is -1.37. The third-order valence-electron chi connectivity index (χ3n) is 4.51. The average Bonchev–Trinajstić information content (AvgIpc) is 3.23. The number of hydrogen-bond donors (Lipinski definition) is 1. The number of rotatable bonds is 4. The molecule has 3 heterocycles. The maximum absolute atomic E-state index is 13.3. The molecule has 3 aromatic rings. The summed E-state index contributed by atoms with van der Waals surface area (Å²) in [5.74, 6) is 0.287. The predicted octanol–water partition coefficient (Wildman–Crippen LogP) is 6.54. The summed E-state index contributed by atoms with van der Waals surface area (Å²) in [5, 5.41) is 10.4. The van der Waals surface area contributed by atoms with Gasteiger partial charge in [0.15, 0.2) is 5.15 Å². The minimum absolute atomic E-state index is 0.00407. The number of nitrogens with one attached hydrogen (secondary N) is 1. The molecule has 130 valence electrons. The molecular weight excluding hydrogens is 425 g/mol. The van der Waals surface area contributed by atoms with Crippen LogP contribution in [0.3, 0.4) is 0 Å². The van der Waals surface area contributed by atoms with Crippen molar-refractivity contribution in [2.24, 2.45) is 0 Å². The van der Waals surface area contributed by atoms with Crippen LogP contribution in [-0.2, 0) is 6.54 Å². The van der Waals surface area contributed by atoms with E-state index in [4.69, 9.17) is 11.6 Å². The number of anilines is 1. The summed E-state index contributed by atoms with van der Waals surface area (Å²) in [4.78, 5) is 1.25. The van der Waals surface area contributed by atoms with E-state index in [-0.39, 0.29) is 5.83 Å². The Morgan fingerprint density at radius 2 is 2.32 bits per heavy atom. The molecule has 3 nitrogen and oxygen atoms in total. The third-order valence-corrected chi connectivity index (χ3v) is 6.36. The number of hydrogen-bond acceptors (Lipinski definition) is 3. The zero-order valence-electron chi connectivity index (χ0n) is 13.3. The Balaban J connectivity index is 1.70. The largest absolute Gasteiger partial charge is 0.378 e. The Bertz CT molecular complexity index is 936. The van der Waals surface area contributed by atoms with Gasteiger partial charge in [0.25, 0.3) is 0 Å². The van der Waals surface area contributed by atoms with Gasteiger partial charge in [-0.1, -0.05) is 23.7 Å². The number of thiophene rings is 1. The topological polar surface area (TPSA) is 29.3 Å². The maximum Gasteiger partial charge on any atom is 0.152 e. The van der Waals surface area contributed by atoms with Gasteiger partial charge >= 0.3 is 0 Å². The molecule has 0 saturated heterocycles. The highest BCUT2D eigenvalue weighted by Gasteiger charge is 2.23. The van der Waals surface area contributed by atoms with E-state index in [1.807, 2.05) is 16.6 Å². The fourth-order valence-electron chi connectivity index (χ4n) is 3.21. The fraction of sp³-hybridized carbons (Fsp3) is 0.278. The molecule has 1 atom stereocenters. The second kappa shape index (κ2) is 7.09. The van der Waals surface area contributed by atoms with Crippen LogP contribution in [0.5, 0.6) is 0 Å². The average molecular weight is 441 g/mol. The number of nitrogens with zero attached hydrogens (tertiary/aromatic N) is 2. The highest BCUT2D eigenvalue weighted by molar-refractivity contribution is 9.10. The Labute approximate surface area is 162 Å². The molecule has 1 aliphatic carbocycles. The van der Waals surface area contributed by atoms with Gasteiger partial charge in [-0.3, -0.25) is 0 Å². The summed E-state index contributed by atoms with van der Waals surface area (Å²) in [6, 6.07) is 8.12. The number of allylic oxidation sites excluding steroid dienone is 2. The molecule has 0 amide bonds. The van der Waals surface area contributed by atoms with Crippen molar-refractivity contribution >= 4 is 50.1 Å². The van der Waals surface area contributed by atoms with Crippen LogP contribution in [0.2, 0.25) is 5.15 Å². The van der Waals surface area contributed by atoms with Gasteiger partial charge in [0.1, 0.15) is 4.60 Å². The summed E-state index contributed by atoms with van der Waals surface area (Å²) >= 11 is 11.6. The standard InChI is InChI=1S/C18H16BrClFN3S/c19-18-14(11-3-5-12(21)6-4-11)8-16-15(9-17(20)23-24(16)18)22-10-13-2-1-7-25-13/h1-2,5,7-9,11,22H,3-4,6,10H2. The molecule has 0 fully saturated rings. The molecule has 1 N–H and O–H groups in total. The van der Waals surface area contributed by atoms with E-state index < -0.39 is 0 Å².